The van der Waals surface area contributed by atoms with Crippen LogP contribution in [0.4, 0.5) is 0 Å². The lowest BCUT2D eigenvalue weighted by Crippen LogP contribution is -2.50. The van der Waals surface area contributed by atoms with Gasteiger partial charge in [-0.05, 0) is 32.0 Å². The molecule has 1 aromatic heterocycles. The molecule has 1 fully saturated rings. The van der Waals surface area contributed by atoms with E-state index >= 15 is 0 Å². The molecule has 3 rings (SSSR count). The van der Waals surface area contributed by atoms with Crippen LogP contribution >= 0.6 is 0 Å². The van der Waals surface area contributed by atoms with Crippen LogP contribution in [-0.4, -0.2) is 54.6 Å². The van der Waals surface area contributed by atoms with Crippen LogP contribution in [0, 0.1) is 11.8 Å². The lowest BCUT2D eigenvalue weighted by atomic mass is 9.88. The molecule has 0 radical (unpaired) electrons. The van der Waals surface area contributed by atoms with Crippen molar-refractivity contribution in [3.05, 3.63) is 28.3 Å². The molecule has 1 aliphatic rings. The van der Waals surface area contributed by atoms with Crippen molar-refractivity contribution >= 4 is 16.8 Å². The number of fused-ring (bicyclic) bond motifs is 1. The van der Waals surface area contributed by atoms with Gasteiger partial charge in [0, 0.05) is 18.5 Å². The second-order valence-electron chi connectivity index (χ2n) is 6.80. The van der Waals surface area contributed by atoms with Crippen molar-refractivity contribution < 1.29 is 14.3 Å². The molecule has 0 saturated carbocycles. The number of carbonyl (C=O) groups excluding carboxylic acids is 1. The van der Waals surface area contributed by atoms with Crippen molar-refractivity contribution in [2.45, 2.75) is 20.4 Å². The largest absolute Gasteiger partial charge is 0.493 e. The Balaban J connectivity index is 1.89. The van der Waals surface area contributed by atoms with Gasteiger partial charge in [-0.25, -0.2) is 4.98 Å². The van der Waals surface area contributed by atoms with E-state index in [1.807, 2.05) is 13.8 Å². The molecular formula is C19H26N4O4. The van der Waals surface area contributed by atoms with Crippen LogP contribution < -0.4 is 20.3 Å². The fourth-order valence-corrected chi connectivity index (χ4v) is 3.27. The SMILES string of the molecule is CCN(Cc1nc2cc(OC)c(OC)cc2c(=O)[nH]1)C(=O)C(C)C1CNC1. The second kappa shape index (κ2) is 7.96. The number of nitrogens with zero attached hydrogens (tertiary/aromatic N) is 2. The quantitative estimate of drug-likeness (QED) is 0.755. The van der Waals surface area contributed by atoms with Crippen LogP contribution in [0.15, 0.2) is 16.9 Å². The number of hydrogen-bond acceptors (Lipinski definition) is 6. The Morgan fingerprint density at radius 1 is 1.30 bits per heavy atom. The molecule has 2 N–H and O–H groups in total. The van der Waals surface area contributed by atoms with Gasteiger partial charge in [-0.1, -0.05) is 6.92 Å². The molecule has 8 heteroatoms. The molecule has 1 amide bonds. The van der Waals surface area contributed by atoms with Crippen LogP contribution in [0.3, 0.4) is 0 Å². The summed E-state index contributed by atoms with van der Waals surface area (Å²) in [5.41, 5.74) is 0.238. The Morgan fingerprint density at radius 3 is 2.52 bits per heavy atom. The number of methoxy groups -OCH3 is 2. The van der Waals surface area contributed by atoms with Crippen LogP contribution in [0.5, 0.6) is 11.5 Å². The first kappa shape index (κ1) is 19.2. The number of aromatic amines is 1. The molecule has 1 saturated heterocycles. The lowest BCUT2D eigenvalue weighted by Gasteiger charge is -2.34. The highest BCUT2D eigenvalue weighted by Crippen LogP contribution is 2.30. The summed E-state index contributed by atoms with van der Waals surface area (Å²) in [6.07, 6.45) is 0. The summed E-state index contributed by atoms with van der Waals surface area (Å²) in [4.78, 5) is 34.3. The Hall–Kier alpha value is -2.61. The van der Waals surface area contributed by atoms with E-state index in [9.17, 15) is 9.59 Å². The summed E-state index contributed by atoms with van der Waals surface area (Å²) in [5.74, 6) is 1.82. The molecule has 8 nitrogen and oxygen atoms in total. The van der Waals surface area contributed by atoms with E-state index in [4.69, 9.17) is 9.47 Å². The highest BCUT2D eigenvalue weighted by molar-refractivity contribution is 5.82. The van der Waals surface area contributed by atoms with E-state index in [2.05, 4.69) is 15.3 Å². The van der Waals surface area contributed by atoms with Crippen molar-refractivity contribution in [2.24, 2.45) is 11.8 Å². The molecule has 0 bridgehead atoms. The summed E-state index contributed by atoms with van der Waals surface area (Å²) in [6.45, 7) is 6.45. The summed E-state index contributed by atoms with van der Waals surface area (Å²) in [6, 6.07) is 3.28. The van der Waals surface area contributed by atoms with Gasteiger partial charge in [0.15, 0.2) is 11.5 Å². The van der Waals surface area contributed by atoms with Gasteiger partial charge < -0.3 is 24.7 Å². The van der Waals surface area contributed by atoms with Crippen LogP contribution in [0.1, 0.15) is 19.7 Å². The zero-order valence-electron chi connectivity index (χ0n) is 16.2. The Labute approximate surface area is 157 Å². The normalized spacial score (nSPS) is 15.3. The molecule has 27 heavy (non-hydrogen) atoms. The van der Waals surface area contributed by atoms with E-state index in [1.54, 1.807) is 17.0 Å². The van der Waals surface area contributed by atoms with Crippen LogP contribution in [0.25, 0.3) is 10.9 Å². The topological polar surface area (TPSA) is 96.6 Å². The van der Waals surface area contributed by atoms with Gasteiger partial charge in [0.1, 0.15) is 5.82 Å². The number of H-pyrrole nitrogens is 1. The summed E-state index contributed by atoms with van der Waals surface area (Å²) in [7, 11) is 3.05. The van der Waals surface area contributed by atoms with Crippen LogP contribution in [-0.2, 0) is 11.3 Å². The number of rotatable bonds is 7. The number of benzene rings is 1. The molecule has 0 spiro atoms. The minimum Gasteiger partial charge on any atom is -0.493 e. The molecule has 1 unspecified atom stereocenters. The third kappa shape index (κ3) is 3.75. The monoisotopic (exact) mass is 374 g/mol. The average molecular weight is 374 g/mol. The fourth-order valence-electron chi connectivity index (χ4n) is 3.27. The summed E-state index contributed by atoms with van der Waals surface area (Å²) < 4.78 is 10.5. The maximum Gasteiger partial charge on any atom is 0.258 e. The van der Waals surface area contributed by atoms with Crippen molar-refractivity contribution in [1.82, 2.24) is 20.2 Å². The molecule has 1 aliphatic heterocycles. The second-order valence-corrected chi connectivity index (χ2v) is 6.80. The van der Waals surface area contributed by atoms with Crippen LogP contribution in [0.2, 0.25) is 0 Å². The van der Waals surface area contributed by atoms with Gasteiger partial charge in [-0.3, -0.25) is 9.59 Å². The summed E-state index contributed by atoms with van der Waals surface area (Å²) >= 11 is 0. The van der Waals surface area contributed by atoms with E-state index in [0.717, 1.165) is 13.1 Å². The molecule has 2 aromatic rings. The number of ether oxygens (including phenoxy) is 2. The highest BCUT2D eigenvalue weighted by atomic mass is 16.5. The molecule has 1 aromatic carbocycles. The summed E-state index contributed by atoms with van der Waals surface area (Å²) in [5, 5.41) is 3.62. The Kier molecular flexibility index (Phi) is 5.65. The fraction of sp³-hybridized carbons (Fsp3) is 0.526. The molecule has 2 heterocycles. The first-order chi connectivity index (χ1) is 13.0. The predicted octanol–water partition coefficient (Wildman–Crippen LogP) is 1.14. The maximum absolute atomic E-state index is 12.8. The van der Waals surface area contributed by atoms with Crippen molar-refractivity contribution in [2.75, 3.05) is 33.9 Å². The zero-order chi connectivity index (χ0) is 19.6. The van der Waals surface area contributed by atoms with Gasteiger partial charge in [-0.2, -0.15) is 0 Å². The van der Waals surface area contributed by atoms with Gasteiger partial charge in [0.05, 0.1) is 31.7 Å². The highest BCUT2D eigenvalue weighted by Gasteiger charge is 2.31. The van der Waals surface area contributed by atoms with Gasteiger partial charge in [-0.15, -0.1) is 0 Å². The molecule has 1 atom stereocenters. The van der Waals surface area contributed by atoms with Crippen molar-refractivity contribution in [3.8, 4) is 11.5 Å². The number of aromatic nitrogens is 2. The molecule has 146 valence electrons. The number of hydrogen-bond donors (Lipinski definition) is 2. The first-order valence-electron chi connectivity index (χ1n) is 9.12. The van der Waals surface area contributed by atoms with E-state index in [0.29, 0.717) is 40.7 Å². The van der Waals surface area contributed by atoms with Gasteiger partial charge >= 0.3 is 0 Å². The number of nitrogens with one attached hydrogen (secondary N) is 2. The minimum absolute atomic E-state index is 0.0530. The van der Waals surface area contributed by atoms with E-state index in [-0.39, 0.29) is 23.9 Å². The van der Waals surface area contributed by atoms with E-state index in [1.165, 1.54) is 14.2 Å². The third-order valence-corrected chi connectivity index (χ3v) is 5.20. The maximum atomic E-state index is 12.8. The predicted molar refractivity (Wildman–Crippen MR) is 102 cm³/mol. The number of carbonyl (C=O) groups is 1. The molecular weight excluding hydrogens is 348 g/mol. The van der Waals surface area contributed by atoms with Crippen molar-refractivity contribution in [1.29, 1.82) is 0 Å². The van der Waals surface area contributed by atoms with Gasteiger partial charge in [0.25, 0.3) is 5.56 Å². The lowest BCUT2D eigenvalue weighted by molar-refractivity contribution is -0.137. The number of amides is 1. The molecule has 0 aliphatic carbocycles. The average Bonchev–Trinajstić information content (AvgIpc) is 2.63. The van der Waals surface area contributed by atoms with Crippen molar-refractivity contribution in [3.63, 3.8) is 0 Å². The zero-order valence-corrected chi connectivity index (χ0v) is 16.2. The Bertz CT molecular complexity index is 891. The van der Waals surface area contributed by atoms with E-state index < -0.39 is 0 Å². The third-order valence-electron chi connectivity index (χ3n) is 5.20. The van der Waals surface area contributed by atoms with Gasteiger partial charge in [0.2, 0.25) is 5.91 Å². The standard InChI is InChI=1S/C19H26N4O4/c1-5-23(19(25)11(2)12-8-20-9-12)10-17-21-14-7-16(27-4)15(26-3)6-13(14)18(24)22-17/h6-7,11-12,20H,5,8-10H2,1-4H3,(H,21,22,24). The first-order valence-corrected chi connectivity index (χ1v) is 9.12. The Morgan fingerprint density at radius 2 is 1.96 bits per heavy atom. The smallest absolute Gasteiger partial charge is 0.258 e. The minimum atomic E-state index is -0.268.